The molecule has 1 fully saturated rings. The Hall–Kier alpha value is -1.89. The first-order valence-corrected chi connectivity index (χ1v) is 7.03. The van der Waals surface area contributed by atoms with Crippen molar-refractivity contribution in [2.75, 3.05) is 32.7 Å². The highest BCUT2D eigenvalue weighted by Gasteiger charge is 2.21. The molecule has 20 heavy (non-hydrogen) atoms. The summed E-state index contributed by atoms with van der Waals surface area (Å²) in [4.78, 5) is 32.4. The fourth-order valence-corrected chi connectivity index (χ4v) is 2.16. The average Bonchev–Trinajstić information content (AvgIpc) is 2.83. The lowest BCUT2D eigenvalue weighted by Gasteiger charge is -2.19. The molecular formula is C13H21N5O2. The molecule has 0 aromatic carbocycles. The smallest absolute Gasteiger partial charge is 0.311 e. The van der Waals surface area contributed by atoms with E-state index < -0.39 is 11.8 Å². The van der Waals surface area contributed by atoms with Crippen LogP contribution in [-0.2, 0) is 16.0 Å². The molecule has 0 atom stereocenters. The molecule has 0 unspecified atom stereocenters. The Morgan fingerprint density at radius 1 is 1.35 bits per heavy atom. The summed E-state index contributed by atoms with van der Waals surface area (Å²) >= 11 is 0. The van der Waals surface area contributed by atoms with Gasteiger partial charge in [-0.25, -0.2) is 4.98 Å². The molecule has 1 aromatic heterocycles. The van der Waals surface area contributed by atoms with Crippen LogP contribution in [0.4, 0.5) is 0 Å². The molecule has 2 rings (SSSR count). The summed E-state index contributed by atoms with van der Waals surface area (Å²) in [5, 5.41) is 5.87. The Kier molecular flexibility index (Phi) is 5.55. The van der Waals surface area contributed by atoms with Gasteiger partial charge >= 0.3 is 11.8 Å². The van der Waals surface area contributed by atoms with E-state index in [0.29, 0.717) is 19.6 Å². The summed E-state index contributed by atoms with van der Waals surface area (Å²) in [6, 6.07) is 0. The van der Waals surface area contributed by atoms with Crippen molar-refractivity contribution in [1.29, 1.82) is 0 Å². The molecule has 1 aliphatic rings. The zero-order valence-corrected chi connectivity index (χ0v) is 11.5. The van der Waals surface area contributed by atoms with E-state index in [2.05, 4.69) is 20.6 Å². The molecule has 1 aromatic rings. The largest absolute Gasteiger partial charge is 0.349 e. The monoisotopic (exact) mass is 279 g/mol. The number of nitrogens with one attached hydrogen (secondary N) is 3. The van der Waals surface area contributed by atoms with E-state index in [1.807, 2.05) is 0 Å². The lowest BCUT2D eigenvalue weighted by molar-refractivity contribution is -0.145. The minimum atomic E-state index is -0.508. The summed E-state index contributed by atoms with van der Waals surface area (Å²) in [6.07, 6.45) is 5.87. The summed E-state index contributed by atoms with van der Waals surface area (Å²) in [7, 11) is 0. The highest BCUT2D eigenvalue weighted by atomic mass is 16.2. The number of rotatable bonds is 4. The van der Waals surface area contributed by atoms with E-state index >= 15 is 0 Å². The van der Waals surface area contributed by atoms with E-state index in [1.54, 1.807) is 17.3 Å². The van der Waals surface area contributed by atoms with Crippen LogP contribution >= 0.6 is 0 Å². The van der Waals surface area contributed by atoms with Crippen LogP contribution < -0.4 is 10.6 Å². The van der Waals surface area contributed by atoms with Crippen LogP contribution in [0.15, 0.2) is 12.4 Å². The van der Waals surface area contributed by atoms with Gasteiger partial charge in [-0.3, -0.25) is 9.59 Å². The third kappa shape index (κ3) is 4.34. The van der Waals surface area contributed by atoms with E-state index in [9.17, 15) is 9.59 Å². The molecule has 0 spiro atoms. The van der Waals surface area contributed by atoms with Crippen LogP contribution in [0.2, 0.25) is 0 Å². The third-order valence-electron chi connectivity index (χ3n) is 3.25. The maximum atomic E-state index is 11.9. The number of nitrogens with zero attached hydrogens (tertiary/aromatic N) is 2. The first-order chi connectivity index (χ1) is 9.77. The lowest BCUT2D eigenvalue weighted by atomic mass is 10.3. The first-order valence-electron chi connectivity index (χ1n) is 7.03. The fraction of sp³-hybridized carbons (Fsp3) is 0.615. The van der Waals surface area contributed by atoms with E-state index in [1.165, 1.54) is 0 Å². The number of hydrogen-bond donors (Lipinski definition) is 3. The number of hydrogen-bond acceptors (Lipinski definition) is 4. The Morgan fingerprint density at radius 3 is 3.05 bits per heavy atom. The maximum absolute atomic E-state index is 11.9. The van der Waals surface area contributed by atoms with Crippen molar-refractivity contribution >= 4 is 11.8 Å². The van der Waals surface area contributed by atoms with Gasteiger partial charge in [0.05, 0.1) is 0 Å². The van der Waals surface area contributed by atoms with Crippen molar-refractivity contribution in [2.24, 2.45) is 0 Å². The van der Waals surface area contributed by atoms with Crippen LogP contribution in [0.1, 0.15) is 18.7 Å². The number of carbonyl (C=O) groups excluding carboxylic acids is 2. The van der Waals surface area contributed by atoms with Gasteiger partial charge in [0, 0.05) is 45.0 Å². The van der Waals surface area contributed by atoms with Crippen LogP contribution in [-0.4, -0.2) is 59.4 Å². The summed E-state index contributed by atoms with van der Waals surface area (Å²) < 4.78 is 0. The van der Waals surface area contributed by atoms with Crippen molar-refractivity contribution in [3.8, 4) is 0 Å². The lowest BCUT2D eigenvalue weighted by Crippen LogP contribution is -2.44. The van der Waals surface area contributed by atoms with E-state index in [-0.39, 0.29) is 0 Å². The van der Waals surface area contributed by atoms with Gasteiger partial charge < -0.3 is 20.5 Å². The second-order valence-corrected chi connectivity index (χ2v) is 4.79. The molecular weight excluding hydrogens is 258 g/mol. The van der Waals surface area contributed by atoms with Gasteiger partial charge in [0.15, 0.2) is 0 Å². The molecule has 0 bridgehead atoms. The molecule has 3 N–H and O–H groups in total. The first kappa shape index (κ1) is 14.5. The number of aromatic nitrogens is 2. The average molecular weight is 279 g/mol. The maximum Gasteiger partial charge on any atom is 0.311 e. The van der Waals surface area contributed by atoms with Gasteiger partial charge in [-0.05, 0) is 19.4 Å². The van der Waals surface area contributed by atoms with Gasteiger partial charge in [-0.15, -0.1) is 0 Å². The Bertz CT molecular complexity index is 424. The fourth-order valence-electron chi connectivity index (χ4n) is 2.16. The van der Waals surface area contributed by atoms with E-state index in [4.69, 9.17) is 0 Å². The predicted molar refractivity (Wildman–Crippen MR) is 74.0 cm³/mol. The second-order valence-electron chi connectivity index (χ2n) is 4.79. The number of amides is 2. The topological polar surface area (TPSA) is 90.1 Å². The summed E-state index contributed by atoms with van der Waals surface area (Å²) in [6.45, 7) is 3.37. The normalized spacial score (nSPS) is 15.7. The molecule has 1 saturated heterocycles. The minimum Gasteiger partial charge on any atom is -0.349 e. The highest BCUT2D eigenvalue weighted by molar-refractivity contribution is 6.35. The van der Waals surface area contributed by atoms with Crippen molar-refractivity contribution in [1.82, 2.24) is 25.5 Å². The molecule has 7 heteroatoms. The number of imidazole rings is 1. The molecule has 7 nitrogen and oxygen atoms in total. The third-order valence-corrected chi connectivity index (χ3v) is 3.25. The van der Waals surface area contributed by atoms with Crippen molar-refractivity contribution in [3.63, 3.8) is 0 Å². The molecule has 0 aliphatic carbocycles. The highest BCUT2D eigenvalue weighted by Crippen LogP contribution is 1.97. The van der Waals surface area contributed by atoms with E-state index in [0.717, 1.165) is 38.2 Å². The standard InChI is InChI=1S/C13H21N5O2/c19-12(13(20)18-9-2-4-14-8-10-18)17-5-1-3-11-15-6-7-16-11/h6-7,14H,1-5,8-10H2,(H,15,16)(H,17,19). The Morgan fingerprint density at radius 2 is 2.25 bits per heavy atom. The zero-order valence-electron chi connectivity index (χ0n) is 11.5. The molecule has 2 amide bonds. The van der Waals surface area contributed by atoms with Crippen LogP contribution in [0.25, 0.3) is 0 Å². The molecule has 0 radical (unpaired) electrons. The predicted octanol–water partition coefficient (Wildman–Crippen LogP) is -0.720. The summed E-state index contributed by atoms with van der Waals surface area (Å²) in [5.74, 6) is -0.0396. The SMILES string of the molecule is O=C(NCCCc1ncc[nH]1)C(=O)N1CCCNCC1. The number of aryl methyl sites for hydroxylation is 1. The quantitative estimate of drug-likeness (QED) is 0.501. The Balaban J connectivity index is 1.66. The zero-order chi connectivity index (χ0) is 14.2. The van der Waals surface area contributed by atoms with Gasteiger partial charge in [0.1, 0.15) is 5.82 Å². The van der Waals surface area contributed by atoms with Gasteiger partial charge in [-0.1, -0.05) is 0 Å². The second kappa shape index (κ2) is 7.64. The number of aromatic amines is 1. The molecule has 2 heterocycles. The van der Waals surface area contributed by atoms with Gasteiger partial charge in [0.25, 0.3) is 0 Å². The van der Waals surface area contributed by atoms with Crippen molar-refractivity contribution in [2.45, 2.75) is 19.3 Å². The van der Waals surface area contributed by atoms with Crippen molar-refractivity contribution < 1.29 is 9.59 Å². The molecule has 0 saturated carbocycles. The number of carbonyl (C=O) groups is 2. The Labute approximate surface area is 118 Å². The van der Waals surface area contributed by atoms with Gasteiger partial charge in [-0.2, -0.15) is 0 Å². The number of H-pyrrole nitrogens is 1. The van der Waals surface area contributed by atoms with Gasteiger partial charge in [0.2, 0.25) is 0 Å². The van der Waals surface area contributed by atoms with Crippen LogP contribution in [0.5, 0.6) is 0 Å². The minimum absolute atomic E-state index is 0.424. The van der Waals surface area contributed by atoms with Crippen LogP contribution in [0.3, 0.4) is 0 Å². The molecule has 110 valence electrons. The molecule has 1 aliphatic heterocycles. The summed E-state index contributed by atoms with van der Waals surface area (Å²) in [5.41, 5.74) is 0. The van der Waals surface area contributed by atoms with Crippen LogP contribution in [0, 0.1) is 0 Å². The van der Waals surface area contributed by atoms with Crippen molar-refractivity contribution in [3.05, 3.63) is 18.2 Å².